The molecule has 2 rings (SSSR count). The van der Waals surface area contributed by atoms with E-state index >= 15 is 0 Å². The van der Waals surface area contributed by atoms with Crippen molar-refractivity contribution in [3.8, 4) is 0 Å². The van der Waals surface area contributed by atoms with Crippen molar-refractivity contribution in [2.45, 2.75) is 12.3 Å². The minimum Gasteiger partial charge on any atom is -0.370 e. The molecule has 0 aliphatic carbocycles. The molecule has 6 heteroatoms. The van der Waals surface area contributed by atoms with E-state index in [0.29, 0.717) is 18.3 Å². The predicted octanol–water partition coefficient (Wildman–Crippen LogP) is 1.43. The number of nitrogens with zero attached hydrogens (tertiary/aromatic N) is 2. The van der Waals surface area contributed by atoms with E-state index < -0.39 is 10.8 Å². The van der Waals surface area contributed by atoms with Crippen molar-refractivity contribution in [2.75, 3.05) is 30.9 Å². The SMILES string of the molecule is CS(=O)Cc1ccc(CN=C(N)N2CCSCC2)cc1. The van der Waals surface area contributed by atoms with E-state index in [-0.39, 0.29) is 0 Å². The van der Waals surface area contributed by atoms with Gasteiger partial charge in [-0.2, -0.15) is 11.8 Å². The summed E-state index contributed by atoms with van der Waals surface area (Å²) >= 11 is 1.96. The Bertz CT molecular complexity index is 482. The number of nitrogens with two attached hydrogens (primary N) is 1. The zero-order chi connectivity index (χ0) is 14.4. The second kappa shape index (κ2) is 7.69. The molecule has 4 nitrogen and oxygen atoms in total. The number of rotatable bonds is 4. The molecular weight excluding hydrogens is 290 g/mol. The van der Waals surface area contributed by atoms with Crippen molar-refractivity contribution in [2.24, 2.45) is 10.7 Å². The summed E-state index contributed by atoms with van der Waals surface area (Å²) in [6, 6.07) is 8.09. The van der Waals surface area contributed by atoms with Gasteiger partial charge < -0.3 is 10.6 Å². The number of hydrogen-bond donors (Lipinski definition) is 1. The Hall–Kier alpha value is -1.01. The Morgan fingerprint density at radius 3 is 2.50 bits per heavy atom. The first-order valence-electron chi connectivity index (χ1n) is 6.65. The fourth-order valence-corrected chi connectivity index (χ4v) is 3.61. The van der Waals surface area contributed by atoms with Gasteiger partial charge in [0.05, 0.1) is 6.54 Å². The van der Waals surface area contributed by atoms with E-state index in [4.69, 9.17) is 5.73 Å². The largest absolute Gasteiger partial charge is 0.370 e. The summed E-state index contributed by atoms with van der Waals surface area (Å²) in [7, 11) is -0.794. The summed E-state index contributed by atoms with van der Waals surface area (Å²) in [5.74, 6) is 3.50. The summed E-state index contributed by atoms with van der Waals surface area (Å²) in [5, 5.41) is 0. The van der Waals surface area contributed by atoms with Crippen molar-refractivity contribution >= 4 is 28.5 Å². The van der Waals surface area contributed by atoms with Crippen LogP contribution < -0.4 is 5.73 Å². The van der Waals surface area contributed by atoms with Gasteiger partial charge in [-0.1, -0.05) is 24.3 Å². The maximum Gasteiger partial charge on any atom is 0.191 e. The van der Waals surface area contributed by atoms with Crippen LogP contribution in [0.1, 0.15) is 11.1 Å². The first-order chi connectivity index (χ1) is 9.65. The average Bonchev–Trinajstić information content (AvgIpc) is 2.46. The smallest absolute Gasteiger partial charge is 0.191 e. The van der Waals surface area contributed by atoms with Crippen molar-refractivity contribution in [3.63, 3.8) is 0 Å². The lowest BCUT2D eigenvalue weighted by Gasteiger charge is -2.27. The molecule has 20 heavy (non-hydrogen) atoms. The van der Waals surface area contributed by atoms with Gasteiger partial charge in [-0.3, -0.25) is 4.21 Å². The van der Waals surface area contributed by atoms with Crippen molar-refractivity contribution in [1.82, 2.24) is 4.90 Å². The first-order valence-corrected chi connectivity index (χ1v) is 9.54. The highest BCUT2D eigenvalue weighted by atomic mass is 32.2. The lowest BCUT2D eigenvalue weighted by atomic mass is 10.1. The maximum atomic E-state index is 11.2. The molecule has 1 aromatic carbocycles. The van der Waals surface area contributed by atoms with Gasteiger partial charge in [0.25, 0.3) is 0 Å². The molecule has 1 fully saturated rings. The molecule has 1 unspecified atom stereocenters. The highest BCUT2D eigenvalue weighted by molar-refractivity contribution is 7.99. The van der Waals surface area contributed by atoms with Gasteiger partial charge in [0.1, 0.15) is 0 Å². The molecule has 1 heterocycles. The third-order valence-electron chi connectivity index (χ3n) is 3.15. The van der Waals surface area contributed by atoms with Crippen LogP contribution in [0.5, 0.6) is 0 Å². The summed E-state index contributed by atoms with van der Waals surface area (Å²) < 4.78 is 11.2. The monoisotopic (exact) mass is 311 g/mol. The van der Waals surface area contributed by atoms with E-state index in [1.165, 1.54) is 0 Å². The zero-order valence-corrected chi connectivity index (χ0v) is 13.4. The van der Waals surface area contributed by atoms with Gasteiger partial charge >= 0.3 is 0 Å². The minimum atomic E-state index is -0.794. The van der Waals surface area contributed by atoms with Crippen LogP contribution in [-0.2, 0) is 23.1 Å². The molecule has 0 amide bonds. The maximum absolute atomic E-state index is 11.2. The number of thioether (sulfide) groups is 1. The van der Waals surface area contributed by atoms with Crippen molar-refractivity contribution in [3.05, 3.63) is 35.4 Å². The molecule has 0 radical (unpaired) electrons. The third kappa shape index (κ3) is 4.83. The van der Waals surface area contributed by atoms with Crippen LogP contribution in [0, 0.1) is 0 Å². The van der Waals surface area contributed by atoms with Crippen LogP contribution in [-0.4, -0.2) is 45.9 Å². The highest BCUT2D eigenvalue weighted by Gasteiger charge is 2.11. The molecule has 110 valence electrons. The predicted molar refractivity (Wildman–Crippen MR) is 88.4 cm³/mol. The van der Waals surface area contributed by atoms with Crippen LogP contribution in [0.3, 0.4) is 0 Å². The molecule has 1 saturated heterocycles. The molecule has 0 bridgehead atoms. The Morgan fingerprint density at radius 1 is 1.30 bits per heavy atom. The Kier molecular flexibility index (Phi) is 5.91. The minimum absolute atomic E-state index is 0.602. The van der Waals surface area contributed by atoms with Crippen molar-refractivity contribution < 1.29 is 4.21 Å². The van der Waals surface area contributed by atoms with Crippen LogP contribution in [0.15, 0.2) is 29.3 Å². The van der Waals surface area contributed by atoms with Crippen molar-refractivity contribution in [1.29, 1.82) is 0 Å². The van der Waals surface area contributed by atoms with E-state index in [9.17, 15) is 4.21 Å². The fraction of sp³-hybridized carbons (Fsp3) is 0.500. The van der Waals surface area contributed by atoms with Crippen LogP contribution in [0.4, 0.5) is 0 Å². The third-order valence-corrected chi connectivity index (χ3v) is 4.83. The van der Waals surface area contributed by atoms with Crippen LogP contribution in [0.2, 0.25) is 0 Å². The van der Waals surface area contributed by atoms with Gasteiger partial charge in [-0.25, -0.2) is 4.99 Å². The molecule has 1 aromatic rings. The molecule has 0 saturated carbocycles. The van der Waals surface area contributed by atoms with Gasteiger partial charge in [0.15, 0.2) is 5.96 Å². The normalized spacial score (nSPS) is 18.1. The molecule has 0 aromatic heterocycles. The quantitative estimate of drug-likeness (QED) is 0.675. The second-order valence-electron chi connectivity index (χ2n) is 4.81. The van der Waals surface area contributed by atoms with Gasteiger partial charge in [0.2, 0.25) is 0 Å². The summed E-state index contributed by atoms with van der Waals surface area (Å²) in [5.41, 5.74) is 8.24. The summed E-state index contributed by atoms with van der Waals surface area (Å²) in [4.78, 5) is 6.60. The number of guanidine groups is 1. The zero-order valence-electron chi connectivity index (χ0n) is 11.7. The van der Waals surface area contributed by atoms with E-state index in [1.54, 1.807) is 6.26 Å². The van der Waals surface area contributed by atoms with Gasteiger partial charge in [0, 0.05) is 47.4 Å². The first kappa shape index (κ1) is 15.4. The lowest BCUT2D eigenvalue weighted by molar-refractivity contribution is 0.455. The van der Waals surface area contributed by atoms with E-state index in [2.05, 4.69) is 9.89 Å². The van der Waals surface area contributed by atoms with Gasteiger partial charge in [-0.15, -0.1) is 0 Å². The molecule has 1 atom stereocenters. The number of hydrogen-bond acceptors (Lipinski definition) is 3. The van der Waals surface area contributed by atoms with Gasteiger partial charge in [-0.05, 0) is 11.1 Å². The van der Waals surface area contributed by atoms with Crippen LogP contribution in [0.25, 0.3) is 0 Å². The highest BCUT2D eigenvalue weighted by Crippen LogP contribution is 2.10. The van der Waals surface area contributed by atoms with Crippen LogP contribution >= 0.6 is 11.8 Å². The number of aliphatic imine (C=N–C) groups is 1. The Balaban J connectivity index is 1.90. The Morgan fingerprint density at radius 2 is 1.90 bits per heavy atom. The Labute approximate surface area is 127 Å². The van der Waals surface area contributed by atoms with E-state index in [1.807, 2.05) is 36.0 Å². The molecule has 2 N–H and O–H groups in total. The molecular formula is C14H21N3OS2. The topological polar surface area (TPSA) is 58.7 Å². The average molecular weight is 311 g/mol. The summed E-state index contributed by atoms with van der Waals surface area (Å²) in [6.07, 6.45) is 1.72. The lowest BCUT2D eigenvalue weighted by Crippen LogP contribution is -2.42. The molecule has 0 spiro atoms. The second-order valence-corrected chi connectivity index (χ2v) is 7.47. The molecule has 1 aliphatic rings. The molecule has 1 aliphatic heterocycles. The standard InChI is InChI=1S/C14H21N3OS2/c1-20(18)11-13-4-2-12(3-5-13)10-16-14(15)17-6-8-19-9-7-17/h2-5H,6-11H2,1H3,(H2,15,16). The summed E-state index contributed by atoms with van der Waals surface area (Å²) in [6.45, 7) is 2.58. The van der Waals surface area contributed by atoms with E-state index in [0.717, 1.165) is 35.7 Å². The number of benzene rings is 1. The fourth-order valence-electron chi connectivity index (χ4n) is 2.04.